The molecule has 0 aliphatic carbocycles. The zero-order valence-electron chi connectivity index (χ0n) is 9.24. The van der Waals surface area contributed by atoms with Gasteiger partial charge in [0.2, 0.25) is 5.91 Å². The van der Waals surface area contributed by atoms with E-state index in [2.05, 4.69) is 5.32 Å². The van der Waals surface area contributed by atoms with Crippen LogP contribution in [0.25, 0.3) is 0 Å². The van der Waals surface area contributed by atoms with Crippen LogP contribution < -0.4 is 11.1 Å². The van der Waals surface area contributed by atoms with E-state index in [1.165, 1.54) is 12.1 Å². The molecule has 4 N–H and O–H groups in total. The van der Waals surface area contributed by atoms with Gasteiger partial charge in [-0.2, -0.15) is 0 Å². The Morgan fingerprint density at radius 1 is 1.53 bits per heavy atom. The third-order valence-corrected chi connectivity index (χ3v) is 2.24. The molecular formula is C11H13FN2O3. The molecule has 0 fully saturated rings. The van der Waals surface area contributed by atoms with Gasteiger partial charge in [0.15, 0.2) is 6.04 Å². The molecule has 1 amide bonds. The standard InChI is InChI=1S/C11H13FN2O3/c1-6-4-7(2-3-8(6)12)5-14-10(15)9(13)11(16)17/h2-4,9H,5,13H2,1H3,(H,14,15)(H,16,17). The number of benzene rings is 1. The first-order valence-corrected chi connectivity index (χ1v) is 4.93. The fourth-order valence-electron chi connectivity index (χ4n) is 1.23. The highest BCUT2D eigenvalue weighted by Crippen LogP contribution is 2.08. The largest absolute Gasteiger partial charge is 0.480 e. The van der Waals surface area contributed by atoms with Gasteiger partial charge in [0.1, 0.15) is 5.82 Å². The number of aryl methyl sites for hydroxylation is 1. The Labute approximate surface area is 97.4 Å². The van der Waals surface area contributed by atoms with Crippen molar-refractivity contribution < 1.29 is 19.1 Å². The van der Waals surface area contributed by atoms with Crippen molar-refractivity contribution in [1.29, 1.82) is 0 Å². The Morgan fingerprint density at radius 2 is 2.18 bits per heavy atom. The van der Waals surface area contributed by atoms with Crippen molar-refractivity contribution in [1.82, 2.24) is 5.32 Å². The molecule has 1 unspecified atom stereocenters. The van der Waals surface area contributed by atoms with Crippen molar-refractivity contribution in [2.24, 2.45) is 5.73 Å². The Balaban J connectivity index is 2.59. The highest BCUT2D eigenvalue weighted by Gasteiger charge is 2.20. The van der Waals surface area contributed by atoms with Crippen LogP contribution in [-0.2, 0) is 16.1 Å². The Hall–Kier alpha value is -1.95. The molecule has 0 saturated carbocycles. The van der Waals surface area contributed by atoms with Gasteiger partial charge in [-0.15, -0.1) is 0 Å². The molecule has 1 rings (SSSR count). The number of carbonyl (C=O) groups excluding carboxylic acids is 1. The molecule has 0 heterocycles. The van der Waals surface area contributed by atoms with E-state index in [1.807, 2.05) is 0 Å². The van der Waals surface area contributed by atoms with Gasteiger partial charge in [-0.1, -0.05) is 12.1 Å². The first-order chi connectivity index (χ1) is 7.91. The van der Waals surface area contributed by atoms with E-state index < -0.39 is 17.9 Å². The molecule has 1 aromatic carbocycles. The number of carbonyl (C=O) groups is 2. The van der Waals surface area contributed by atoms with Crippen molar-refractivity contribution in [2.45, 2.75) is 19.5 Å². The van der Waals surface area contributed by atoms with Crippen LogP contribution in [0.1, 0.15) is 11.1 Å². The van der Waals surface area contributed by atoms with Crippen molar-refractivity contribution in [3.63, 3.8) is 0 Å². The SMILES string of the molecule is Cc1cc(CNC(=O)C(N)C(=O)O)ccc1F. The minimum absolute atomic E-state index is 0.112. The number of rotatable bonds is 4. The zero-order valence-corrected chi connectivity index (χ0v) is 9.24. The lowest BCUT2D eigenvalue weighted by Gasteiger charge is -2.09. The summed E-state index contributed by atoms with van der Waals surface area (Å²) in [5, 5.41) is 10.9. The molecule has 5 nitrogen and oxygen atoms in total. The molecule has 1 atom stereocenters. The summed E-state index contributed by atoms with van der Waals surface area (Å²) >= 11 is 0. The molecule has 0 aromatic heterocycles. The molecule has 0 aliphatic rings. The average molecular weight is 240 g/mol. The fourth-order valence-corrected chi connectivity index (χ4v) is 1.23. The topological polar surface area (TPSA) is 92.4 Å². The van der Waals surface area contributed by atoms with Gasteiger partial charge >= 0.3 is 5.97 Å². The molecule has 0 radical (unpaired) electrons. The second-order valence-corrected chi connectivity index (χ2v) is 3.62. The molecule has 0 bridgehead atoms. The molecule has 17 heavy (non-hydrogen) atoms. The predicted molar refractivity (Wildman–Crippen MR) is 58.6 cm³/mol. The Bertz CT molecular complexity index is 448. The number of hydrogen-bond donors (Lipinski definition) is 3. The lowest BCUT2D eigenvalue weighted by atomic mass is 10.1. The second kappa shape index (κ2) is 5.40. The zero-order chi connectivity index (χ0) is 13.0. The molecule has 6 heteroatoms. The first kappa shape index (κ1) is 13.1. The summed E-state index contributed by atoms with van der Waals surface area (Å²) in [6, 6.07) is 2.78. The summed E-state index contributed by atoms with van der Waals surface area (Å²) in [5.74, 6) is -2.50. The van der Waals surface area contributed by atoms with E-state index in [1.54, 1.807) is 13.0 Å². The maximum Gasteiger partial charge on any atom is 0.330 e. The first-order valence-electron chi connectivity index (χ1n) is 4.93. The van der Waals surface area contributed by atoms with Gasteiger partial charge in [-0.25, -0.2) is 9.18 Å². The summed E-state index contributed by atoms with van der Waals surface area (Å²) in [6.45, 7) is 1.71. The number of carboxylic acid groups (broad SMARTS) is 1. The number of hydrogen-bond acceptors (Lipinski definition) is 3. The van der Waals surface area contributed by atoms with Crippen molar-refractivity contribution in [3.05, 3.63) is 35.1 Å². The third-order valence-electron chi connectivity index (χ3n) is 2.24. The summed E-state index contributed by atoms with van der Waals surface area (Å²) < 4.78 is 12.9. The maximum absolute atomic E-state index is 12.9. The summed E-state index contributed by atoms with van der Waals surface area (Å²) in [7, 11) is 0. The third kappa shape index (κ3) is 3.53. The summed E-state index contributed by atoms with van der Waals surface area (Å²) in [5.41, 5.74) is 6.24. The van der Waals surface area contributed by atoms with E-state index in [-0.39, 0.29) is 12.4 Å². The van der Waals surface area contributed by atoms with Crippen molar-refractivity contribution in [3.8, 4) is 0 Å². The Kier molecular flexibility index (Phi) is 4.17. The quantitative estimate of drug-likeness (QED) is 0.654. The van der Waals surface area contributed by atoms with E-state index in [4.69, 9.17) is 10.8 Å². The van der Waals surface area contributed by atoms with Crippen LogP contribution in [0.3, 0.4) is 0 Å². The molecule has 0 saturated heterocycles. The molecular weight excluding hydrogens is 227 g/mol. The molecule has 0 aliphatic heterocycles. The maximum atomic E-state index is 12.9. The van der Waals surface area contributed by atoms with Crippen molar-refractivity contribution in [2.75, 3.05) is 0 Å². The lowest BCUT2D eigenvalue weighted by Crippen LogP contribution is -2.45. The minimum atomic E-state index is -1.59. The Morgan fingerprint density at radius 3 is 2.71 bits per heavy atom. The van der Waals surface area contributed by atoms with E-state index in [0.717, 1.165) is 0 Å². The molecule has 1 aromatic rings. The van der Waals surface area contributed by atoms with Crippen LogP contribution >= 0.6 is 0 Å². The number of aliphatic carboxylic acids is 1. The van der Waals surface area contributed by atoms with E-state index in [0.29, 0.717) is 11.1 Å². The van der Waals surface area contributed by atoms with Crippen LogP contribution in [0.4, 0.5) is 4.39 Å². The monoisotopic (exact) mass is 240 g/mol. The average Bonchev–Trinajstić information content (AvgIpc) is 2.29. The highest BCUT2D eigenvalue weighted by molar-refractivity contribution is 6.00. The van der Waals surface area contributed by atoms with Crippen LogP contribution in [0.2, 0.25) is 0 Å². The molecule has 0 spiro atoms. The summed E-state index contributed by atoms with van der Waals surface area (Å²) in [4.78, 5) is 21.6. The van der Waals surface area contributed by atoms with Crippen LogP contribution in [0.15, 0.2) is 18.2 Å². The minimum Gasteiger partial charge on any atom is -0.480 e. The number of amides is 1. The summed E-state index contributed by atoms with van der Waals surface area (Å²) in [6.07, 6.45) is 0. The second-order valence-electron chi connectivity index (χ2n) is 3.62. The number of nitrogens with one attached hydrogen (secondary N) is 1. The van der Waals surface area contributed by atoms with Crippen LogP contribution in [-0.4, -0.2) is 23.0 Å². The predicted octanol–water partition coefficient (Wildman–Crippen LogP) is 0.162. The van der Waals surface area contributed by atoms with Gasteiger partial charge in [-0.3, -0.25) is 4.79 Å². The van der Waals surface area contributed by atoms with Gasteiger partial charge in [0.05, 0.1) is 0 Å². The van der Waals surface area contributed by atoms with Gasteiger partial charge in [-0.05, 0) is 24.1 Å². The van der Waals surface area contributed by atoms with Crippen LogP contribution in [0, 0.1) is 12.7 Å². The smallest absolute Gasteiger partial charge is 0.330 e. The van der Waals surface area contributed by atoms with E-state index >= 15 is 0 Å². The lowest BCUT2D eigenvalue weighted by molar-refractivity contribution is -0.142. The number of nitrogens with two attached hydrogens (primary N) is 1. The number of halogens is 1. The van der Waals surface area contributed by atoms with Gasteiger partial charge in [0, 0.05) is 6.54 Å². The fraction of sp³-hybridized carbons (Fsp3) is 0.273. The normalized spacial score (nSPS) is 11.9. The van der Waals surface area contributed by atoms with Crippen LogP contribution in [0.5, 0.6) is 0 Å². The van der Waals surface area contributed by atoms with Gasteiger partial charge < -0.3 is 16.2 Å². The van der Waals surface area contributed by atoms with Gasteiger partial charge in [0.25, 0.3) is 0 Å². The number of carboxylic acids is 1. The van der Waals surface area contributed by atoms with E-state index in [9.17, 15) is 14.0 Å². The highest BCUT2D eigenvalue weighted by atomic mass is 19.1. The van der Waals surface area contributed by atoms with Crippen molar-refractivity contribution >= 4 is 11.9 Å². The molecule has 92 valence electrons.